The van der Waals surface area contributed by atoms with E-state index in [1.165, 1.54) is 7.05 Å². The highest BCUT2D eigenvalue weighted by molar-refractivity contribution is 7.78. The number of hydrogen-bond acceptors (Lipinski definition) is 3. The second-order valence-electron chi connectivity index (χ2n) is 1.26. The normalized spacial score (nSPS) is 8.30. The first-order valence-electron chi connectivity index (χ1n) is 2.75. The van der Waals surface area contributed by atoms with Crippen molar-refractivity contribution in [2.75, 3.05) is 7.05 Å². The van der Waals surface area contributed by atoms with Crippen LogP contribution in [0.1, 0.15) is 13.3 Å². The Bertz CT molecular complexity index is 106. The van der Waals surface area contributed by atoms with Crippen molar-refractivity contribution >= 4 is 25.1 Å². The van der Waals surface area contributed by atoms with E-state index in [9.17, 15) is 4.79 Å². The first-order chi connectivity index (χ1) is 4.68. The maximum atomic E-state index is 9.26. The molecule has 5 heteroatoms. The van der Waals surface area contributed by atoms with Crippen molar-refractivity contribution in [3.05, 3.63) is 0 Å². The number of amides is 1. The standard InChI is InChI=1S/C3H7NS.C2H5NO2/c1-2-3-4-5;1-3-2(4)5/h3,5H,2H2,1H3;3H,1H3,(H,4,5). The van der Waals surface area contributed by atoms with Gasteiger partial charge in [0, 0.05) is 13.3 Å². The summed E-state index contributed by atoms with van der Waals surface area (Å²) < 4.78 is 3.42. The lowest BCUT2D eigenvalue weighted by atomic mass is 10.6. The van der Waals surface area contributed by atoms with Crippen LogP contribution in [0, 0.1) is 0 Å². The molecule has 0 unspecified atom stereocenters. The molecule has 1 amide bonds. The number of carbonyl (C=O) groups is 1. The SMILES string of the molecule is CCC=NS.CNC(=O)O. The molecule has 0 aromatic heterocycles. The van der Waals surface area contributed by atoms with Crippen LogP contribution in [0.3, 0.4) is 0 Å². The summed E-state index contributed by atoms with van der Waals surface area (Å²) in [6.45, 7) is 2.01. The predicted molar refractivity (Wildman–Crippen MR) is 44.9 cm³/mol. The minimum Gasteiger partial charge on any atom is -0.465 e. The second-order valence-corrected chi connectivity index (χ2v) is 1.49. The highest BCUT2D eigenvalue weighted by atomic mass is 32.1. The predicted octanol–water partition coefficient (Wildman–Crippen LogP) is 1.20. The third-order valence-electron chi connectivity index (χ3n) is 0.478. The Labute approximate surface area is 65.9 Å². The Balaban J connectivity index is 0. The van der Waals surface area contributed by atoms with E-state index in [1.807, 2.05) is 12.2 Å². The van der Waals surface area contributed by atoms with Gasteiger partial charge < -0.3 is 10.4 Å². The summed E-state index contributed by atoms with van der Waals surface area (Å²) in [5.41, 5.74) is 0. The van der Waals surface area contributed by atoms with Gasteiger partial charge in [-0.15, -0.1) is 0 Å². The maximum absolute atomic E-state index is 9.26. The number of hydrogen-bond donors (Lipinski definition) is 3. The lowest BCUT2D eigenvalue weighted by Gasteiger charge is -1.78. The van der Waals surface area contributed by atoms with Gasteiger partial charge >= 0.3 is 6.09 Å². The summed E-state index contributed by atoms with van der Waals surface area (Å²) in [4.78, 5) is 9.26. The van der Waals surface area contributed by atoms with Gasteiger partial charge in [-0.05, 0) is 19.2 Å². The number of thiol groups is 1. The molecule has 0 heterocycles. The first-order valence-corrected chi connectivity index (χ1v) is 3.15. The Kier molecular flexibility index (Phi) is 13.4. The molecule has 0 atom stereocenters. The van der Waals surface area contributed by atoms with Crippen molar-refractivity contribution in [1.29, 1.82) is 0 Å². The van der Waals surface area contributed by atoms with Crippen LogP contribution in [0.25, 0.3) is 0 Å². The fourth-order valence-corrected chi connectivity index (χ4v) is 0.245. The number of nitrogens with one attached hydrogen (secondary N) is 1. The Hall–Kier alpha value is -0.710. The van der Waals surface area contributed by atoms with Crippen LogP contribution in [0.15, 0.2) is 4.40 Å². The van der Waals surface area contributed by atoms with Crippen LogP contribution in [-0.4, -0.2) is 24.5 Å². The van der Waals surface area contributed by atoms with E-state index >= 15 is 0 Å². The molecular formula is C5H12N2O2S. The molecule has 0 aliphatic rings. The van der Waals surface area contributed by atoms with E-state index < -0.39 is 6.09 Å². The molecule has 0 fully saturated rings. The van der Waals surface area contributed by atoms with Crippen molar-refractivity contribution in [2.24, 2.45) is 4.40 Å². The minimum atomic E-state index is -0.995. The van der Waals surface area contributed by atoms with Crippen molar-refractivity contribution in [3.8, 4) is 0 Å². The fraction of sp³-hybridized carbons (Fsp3) is 0.600. The summed E-state index contributed by atoms with van der Waals surface area (Å²) in [5, 5.41) is 9.56. The topological polar surface area (TPSA) is 61.7 Å². The highest BCUT2D eigenvalue weighted by Gasteiger charge is 1.76. The molecule has 60 valence electrons. The molecule has 0 spiro atoms. The molecule has 0 saturated heterocycles. The van der Waals surface area contributed by atoms with E-state index in [2.05, 4.69) is 17.2 Å². The van der Waals surface area contributed by atoms with Crippen LogP contribution in [-0.2, 0) is 0 Å². The zero-order valence-electron chi connectivity index (χ0n) is 6.03. The van der Waals surface area contributed by atoms with E-state index in [0.29, 0.717) is 0 Å². The van der Waals surface area contributed by atoms with Gasteiger partial charge in [0.05, 0.1) is 0 Å². The van der Waals surface area contributed by atoms with Crippen LogP contribution in [0.2, 0.25) is 0 Å². The van der Waals surface area contributed by atoms with Crippen LogP contribution >= 0.6 is 12.8 Å². The van der Waals surface area contributed by atoms with Gasteiger partial charge in [0.25, 0.3) is 0 Å². The van der Waals surface area contributed by atoms with E-state index in [1.54, 1.807) is 6.21 Å². The van der Waals surface area contributed by atoms with E-state index in [4.69, 9.17) is 5.11 Å². The summed E-state index contributed by atoms with van der Waals surface area (Å²) in [6.07, 6.45) is 1.72. The minimum absolute atomic E-state index is 0.976. The van der Waals surface area contributed by atoms with Gasteiger partial charge in [-0.25, -0.2) is 9.19 Å². The van der Waals surface area contributed by atoms with Crippen LogP contribution < -0.4 is 5.32 Å². The molecule has 0 bridgehead atoms. The van der Waals surface area contributed by atoms with Gasteiger partial charge in [-0.1, -0.05) is 6.92 Å². The number of rotatable bonds is 1. The second kappa shape index (κ2) is 11.1. The fourth-order valence-electron chi connectivity index (χ4n) is 0.0816. The van der Waals surface area contributed by atoms with Crippen LogP contribution in [0.5, 0.6) is 0 Å². The highest BCUT2D eigenvalue weighted by Crippen LogP contribution is 1.70. The number of nitrogens with zero attached hydrogens (tertiary/aromatic N) is 1. The molecule has 0 aromatic carbocycles. The quantitative estimate of drug-likeness (QED) is 0.403. The Morgan fingerprint density at radius 3 is 2.30 bits per heavy atom. The third-order valence-corrected chi connectivity index (χ3v) is 0.641. The van der Waals surface area contributed by atoms with E-state index in [0.717, 1.165) is 6.42 Å². The molecule has 0 aliphatic heterocycles. The summed E-state index contributed by atoms with van der Waals surface area (Å²) in [7, 11) is 1.35. The summed E-state index contributed by atoms with van der Waals surface area (Å²) in [6, 6.07) is 0. The molecule has 0 aromatic rings. The average molecular weight is 164 g/mol. The Morgan fingerprint density at radius 1 is 1.90 bits per heavy atom. The van der Waals surface area contributed by atoms with Gasteiger partial charge in [0.15, 0.2) is 0 Å². The monoisotopic (exact) mass is 164 g/mol. The molecule has 0 aliphatic carbocycles. The maximum Gasteiger partial charge on any atom is 0.404 e. The summed E-state index contributed by atoms with van der Waals surface area (Å²) >= 11 is 3.57. The molecule has 2 N–H and O–H groups in total. The van der Waals surface area contributed by atoms with Crippen molar-refractivity contribution in [3.63, 3.8) is 0 Å². The zero-order valence-corrected chi connectivity index (χ0v) is 6.93. The third kappa shape index (κ3) is 26.6. The van der Waals surface area contributed by atoms with Gasteiger partial charge in [-0.3, -0.25) is 0 Å². The Morgan fingerprint density at radius 2 is 2.30 bits per heavy atom. The van der Waals surface area contributed by atoms with Crippen molar-refractivity contribution in [2.45, 2.75) is 13.3 Å². The molecule has 10 heavy (non-hydrogen) atoms. The molecule has 0 saturated carbocycles. The van der Waals surface area contributed by atoms with Gasteiger partial charge in [0.2, 0.25) is 0 Å². The molecule has 4 nitrogen and oxygen atoms in total. The molecular weight excluding hydrogens is 152 g/mol. The summed E-state index contributed by atoms with van der Waals surface area (Å²) in [5.74, 6) is 0. The van der Waals surface area contributed by atoms with E-state index in [-0.39, 0.29) is 0 Å². The number of carboxylic acid groups (broad SMARTS) is 1. The largest absolute Gasteiger partial charge is 0.465 e. The van der Waals surface area contributed by atoms with Gasteiger partial charge in [-0.2, -0.15) is 0 Å². The zero-order chi connectivity index (χ0) is 8.41. The van der Waals surface area contributed by atoms with Crippen molar-refractivity contribution < 1.29 is 9.90 Å². The smallest absolute Gasteiger partial charge is 0.404 e. The first kappa shape index (κ1) is 12.0. The average Bonchev–Trinajstić information content (AvgIpc) is 1.91. The molecule has 0 rings (SSSR count). The van der Waals surface area contributed by atoms with Crippen LogP contribution in [0.4, 0.5) is 4.79 Å². The lowest BCUT2D eigenvalue weighted by Crippen LogP contribution is -2.13. The van der Waals surface area contributed by atoms with Gasteiger partial charge in [0.1, 0.15) is 0 Å². The van der Waals surface area contributed by atoms with Crippen molar-refractivity contribution in [1.82, 2.24) is 5.32 Å². The lowest BCUT2D eigenvalue weighted by molar-refractivity contribution is 0.197. The molecule has 0 radical (unpaired) electrons.